The predicted molar refractivity (Wildman–Crippen MR) is 121 cm³/mol. The summed E-state index contributed by atoms with van der Waals surface area (Å²) in [6.45, 7) is 5.83. The van der Waals surface area contributed by atoms with E-state index in [1.807, 2.05) is 7.05 Å². The molecule has 160 valence electrons. The average Bonchev–Trinajstić information content (AvgIpc) is 3.15. The third kappa shape index (κ3) is 5.77. The molecule has 0 radical (unpaired) electrons. The van der Waals surface area contributed by atoms with E-state index >= 15 is 0 Å². The summed E-state index contributed by atoms with van der Waals surface area (Å²) < 4.78 is 29.1. The van der Waals surface area contributed by atoms with Gasteiger partial charge in [0.15, 0.2) is 16.8 Å². The lowest BCUT2D eigenvalue weighted by Crippen LogP contribution is -2.28. The van der Waals surface area contributed by atoms with Crippen molar-refractivity contribution in [3.63, 3.8) is 0 Å². The summed E-state index contributed by atoms with van der Waals surface area (Å²) in [6.07, 6.45) is 2.67. The second-order valence-electron chi connectivity index (χ2n) is 7.27. The van der Waals surface area contributed by atoms with Gasteiger partial charge in [0.1, 0.15) is 6.29 Å². The Balaban J connectivity index is 0.000000177. The largest absolute Gasteiger partial charge is 0.365 e. The number of aldehydes is 1. The summed E-state index contributed by atoms with van der Waals surface area (Å²) in [5.41, 5.74) is 3.69. The van der Waals surface area contributed by atoms with Crippen LogP contribution in [0.2, 0.25) is 0 Å². The van der Waals surface area contributed by atoms with E-state index in [1.165, 1.54) is 33.8 Å². The smallest absolute Gasteiger partial charge is 0.183 e. The number of halogens is 2. The normalized spacial score (nSPS) is 15.0. The number of hydrogen-bond acceptors (Lipinski definition) is 6. The van der Waals surface area contributed by atoms with Crippen LogP contribution in [0.25, 0.3) is 10.2 Å². The van der Waals surface area contributed by atoms with Gasteiger partial charge in [-0.1, -0.05) is 17.4 Å². The Hall–Kier alpha value is -2.03. The fraction of sp³-hybridized carbons (Fsp3) is 0.364. The minimum absolute atomic E-state index is 0.150. The number of aryl methyl sites for hydroxylation is 2. The lowest BCUT2D eigenvalue weighted by Gasteiger charge is -2.28. The highest BCUT2D eigenvalue weighted by Crippen LogP contribution is 2.30. The van der Waals surface area contributed by atoms with Crippen LogP contribution in [-0.2, 0) is 4.79 Å². The monoisotopic (exact) mass is 449 g/mol. The van der Waals surface area contributed by atoms with E-state index in [2.05, 4.69) is 40.6 Å². The Morgan fingerprint density at radius 2 is 1.90 bits per heavy atom. The summed E-state index contributed by atoms with van der Waals surface area (Å²) >= 11 is 3.12. The van der Waals surface area contributed by atoms with E-state index < -0.39 is 11.6 Å². The third-order valence-electron chi connectivity index (χ3n) is 4.85. The average molecular weight is 450 g/mol. The standard InChI is InChI=1S/C12H13F2NOS.C10H12N2S/c13-11-2-1-10(7-12(11)14)17-15-5-3-9(8-16)4-6-15;1-6-4-7(2)9-8(5-6)12-10(11-3)13-9/h1-2,7-9H,3-6H2;4-5H,1-3H3,(H,11,12). The number of thiazole rings is 1. The summed E-state index contributed by atoms with van der Waals surface area (Å²) in [4.78, 5) is 15.7. The van der Waals surface area contributed by atoms with E-state index in [0.717, 1.165) is 48.9 Å². The molecule has 0 unspecified atom stereocenters. The van der Waals surface area contributed by atoms with Crippen LogP contribution < -0.4 is 5.32 Å². The van der Waals surface area contributed by atoms with Crippen LogP contribution in [0.1, 0.15) is 24.0 Å². The third-order valence-corrected chi connectivity index (χ3v) is 7.16. The van der Waals surface area contributed by atoms with E-state index in [9.17, 15) is 13.6 Å². The number of carbonyl (C=O) groups is 1. The van der Waals surface area contributed by atoms with E-state index in [4.69, 9.17) is 0 Å². The van der Waals surface area contributed by atoms with Gasteiger partial charge < -0.3 is 10.1 Å². The number of anilines is 1. The van der Waals surface area contributed by atoms with Crippen LogP contribution in [-0.4, -0.2) is 35.7 Å². The zero-order valence-electron chi connectivity index (χ0n) is 17.2. The molecule has 3 aromatic rings. The van der Waals surface area contributed by atoms with Gasteiger partial charge in [0.25, 0.3) is 0 Å². The van der Waals surface area contributed by atoms with Gasteiger partial charge in [0, 0.05) is 31.0 Å². The van der Waals surface area contributed by atoms with Crippen molar-refractivity contribution in [1.82, 2.24) is 9.29 Å². The maximum atomic E-state index is 13.0. The highest BCUT2D eigenvalue weighted by Gasteiger charge is 2.19. The number of hydrogen-bond donors (Lipinski definition) is 1. The Morgan fingerprint density at radius 1 is 1.17 bits per heavy atom. The van der Waals surface area contributed by atoms with Gasteiger partial charge in [-0.2, -0.15) is 0 Å². The quantitative estimate of drug-likeness (QED) is 0.401. The Kier molecular flexibility index (Phi) is 7.80. The highest BCUT2D eigenvalue weighted by atomic mass is 32.2. The van der Waals surface area contributed by atoms with Crippen molar-refractivity contribution in [2.24, 2.45) is 5.92 Å². The van der Waals surface area contributed by atoms with Crippen LogP contribution >= 0.6 is 23.3 Å². The number of aromatic nitrogens is 1. The van der Waals surface area contributed by atoms with Gasteiger partial charge in [-0.3, -0.25) is 0 Å². The van der Waals surface area contributed by atoms with Crippen LogP contribution in [0, 0.1) is 31.4 Å². The molecule has 1 aromatic heterocycles. The Bertz CT molecular complexity index is 1020. The Morgan fingerprint density at radius 3 is 2.53 bits per heavy atom. The molecule has 1 fully saturated rings. The maximum Gasteiger partial charge on any atom is 0.183 e. The van der Waals surface area contributed by atoms with Gasteiger partial charge in [-0.15, -0.1) is 0 Å². The van der Waals surface area contributed by atoms with E-state index in [-0.39, 0.29) is 5.92 Å². The maximum absolute atomic E-state index is 13.0. The van der Waals surface area contributed by atoms with Crippen molar-refractivity contribution in [3.05, 3.63) is 53.1 Å². The minimum atomic E-state index is -0.825. The highest BCUT2D eigenvalue weighted by molar-refractivity contribution is 7.97. The van der Waals surface area contributed by atoms with Crippen LogP contribution in [0.4, 0.5) is 13.9 Å². The number of fused-ring (bicyclic) bond motifs is 1. The second-order valence-corrected chi connectivity index (χ2v) is 9.44. The molecule has 2 heterocycles. The molecule has 0 spiro atoms. The van der Waals surface area contributed by atoms with Gasteiger partial charge in [0.2, 0.25) is 0 Å². The van der Waals surface area contributed by atoms with Gasteiger partial charge in [0.05, 0.1) is 10.2 Å². The molecule has 0 aliphatic carbocycles. The zero-order chi connectivity index (χ0) is 21.7. The predicted octanol–water partition coefficient (Wildman–Crippen LogP) is 5.84. The van der Waals surface area contributed by atoms with Gasteiger partial charge >= 0.3 is 0 Å². The SMILES string of the molecule is CNc1nc2cc(C)cc(C)c2s1.O=CC1CCN(Sc2ccc(F)c(F)c2)CC1. The summed E-state index contributed by atoms with van der Waals surface area (Å²) in [7, 11) is 1.90. The summed E-state index contributed by atoms with van der Waals surface area (Å²) in [6, 6.07) is 8.22. The molecular weight excluding hydrogens is 424 g/mol. The minimum Gasteiger partial charge on any atom is -0.365 e. The summed E-state index contributed by atoms with van der Waals surface area (Å²) in [5, 5.41) is 4.06. The topological polar surface area (TPSA) is 45.2 Å². The van der Waals surface area contributed by atoms with E-state index in [1.54, 1.807) is 17.4 Å². The molecule has 1 aliphatic rings. The van der Waals surface area contributed by atoms with Crippen molar-refractivity contribution in [3.8, 4) is 0 Å². The van der Waals surface area contributed by atoms with Crippen molar-refractivity contribution in [1.29, 1.82) is 0 Å². The number of nitrogens with zero attached hydrogens (tertiary/aromatic N) is 2. The lowest BCUT2D eigenvalue weighted by molar-refractivity contribution is -0.112. The lowest BCUT2D eigenvalue weighted by atomic mass is 10.0. The molecule has 0 saturated carbocycles. The molecule has 8 heteroatoms. The number of nitrogens with one attached hydrogen (secondary N) is 1. The fourth-order valence-electron chi connectivity index (χ4n) is 3.27. The van der Waals surface area contributed by atoms with Crippen LogP contribution in [0.3, 0.4) is 0 Å². The van der Waals surface area contributed by atoms with E-state index in [0.29, 0.717) is 4.90 Å². The number of carbonyl (C=O) groups excluding carboxylic acids is 1. The number of rotatable bonds is 4. The molecule has 4 nitrogen and oxygen atoms in total. The molecule has 30 heavy (non-hydrogen) atoms. The first-order valence-corrected chi connectivity index (χ1v) is 11.4. The molecule has 0 atom stereocenters. The van der Waals surface area contributed by atoms with Gasteiger partial charge in [-0.25, -0.2) is 18.1 Å². The number of piperidine rings is 1. The number of benzene rings is 2. The summed E-state index contributed by atoms with van der Waals surface area (Å²) in [5.74, 6) is -1.50. The van der Waals surface area contributed by atoms with Crippen molar-refractivity contribution >= 4 is 44.9 Å². The first-order valence-electron chi connectivity index (χ1n) is 9.78. The van der Waals surface area contributed by atoms with Gasteiger partial charge in [-0.05, 0) is 74.0 Å². The molecule has 2 aromatic carbocycles. The Labute approximate surface area is 183 Å². The molecule has 1 saturated heterocycles. The van der Waals surface area contributed by atoms with Crippen LogP contribution in [0.15, 0.2) is 35.2 Å². The first kappa shape index (κ1) is 22.7. The van der Waals surface area contributed by atoms with Crippen molar-refractivity contribution in [2.45, 2.75) is 31.6 Å². The molecular formula is C22H25F2N3OS2. The first-order chi connectivity index (χ1) is 14.4. The molecule has 1 aliphatic heterocycles. The second kappa shape index (κ2) is 10.3. The van der Waals surface area contributed by atoms with Crippen molar-refractivity contribution in [2.75, 3.05) is 25.5 Å². The van der Waals surface area contributed by atoms with Crippen LogP contribution in [0.5, 0.6) is 0 Å². The molecule has 0 amide bonds. The van der Waals surface area contributed by atoms with Crippen molar-refractivity contribution < 1.29 is 13.6 Å². The molecule has 4 rings (SSSR count). The fourth-order valence-corrected chi connectivity index (χ4v) is 5.11. The zero-order valence-corrected chi connectivity index (χ0v) is 18.9. The molecule has 0 bridgehead atoms. The molecule has 1 N–H and O–H groups in total.